The van der Waals surface area contributed by atoms with E-state index in [1.165, 1.54) is 42.3 Å². The van der Waals surface area contributed by atoms with E-state index >= 15 is 0 Å². The molecule has 0 saturated carbocycles. The number of rotatable bonds is 5. The minimum atomic E-state index is -1.23. The Labute approximate surface area is 175 Å². The van der Waals surface area contributed by atoms with Gasteiger partial charge in [0.05, 0.1) is 20.2 Å². The van der Waals surface area contributed by atoms with Gasteiger partial charge >= 0.3 is 5.97 Å². The summed E-state index contributed by atoms with van der Waals surface area (Å²) < 4.78 is 24.5. The van der Waals surface area contributed by atoms with Crippen LogP contribution in [0.1, 0.15) is 15.9 Å². The number of carboxylic acids is 1. The van der Waals surface area contributed by atoms with Crippen LogP contribution in [0.15, 0.2) is 52.1 Å². The molecule has 0 radical (unpaired) electrons. The number of aliphatic hydroxyl groups is 1. The number of hydrogen-bond acceptors (Lipinski definition) is 6. The van der Waals surface area contributed by atoms with Crippen LogP contribution >= 0.6 is 0 Å². The average Bonchev–Trinajstić information content (AvgIpc) is 3.24. The van der Waals surface area contributed by atoms with Crippen molar-refractivity contribution in [2.45, 2.75) is 6.54 Å². The zero-order chi connectivity index (χ0) is 22.3. The molecule has 9 heteroatoms. The Hall–Kier alpha value is -4.32. The first kappa shape index (κ1) is 20.0. The van der Waals surface area contributed by atoms with Crippen molar-refractivity contribution in [3.63, 3.8) is 0 Å². The van der Waals surface area contributed by atoms with Crippen LogP contribution in [0.25, 0.3) is 22.3 Å². The van der Waals surface area contributed by atoms with Crippen LogP contribution in [-0.4, -0.2) is 40.6 Å². The molecule has 0 bridgehead atoms. The van der Waals surface area contributed by atoms with Crippen molar-refractivity contribution in [3.8, 4) is 23.1 Å². The van der Waals surface area contributed by atoms with Gasteiger partial charge in [-0.15, -0.1) is 0 Å². The van der Waals surface area contributed by atoms with Gasteiger partial charge in [-0.1, -0.05) is 0 Å². The standard InChI is InChI=1S/C22H15FN2O6/c1-30-17-7-14-18(6-12(17)9-25-10-16(26)15(8-24)21(25)27)31-20(19(14)22(28)29)11-2-4-13(23)5-3-11/h2-7,26H,9-10H2,1H3,(H,28,29). The Morgan fingerprint density at radius 1 is 1.32 bits per heavy atom. The summed E-state index contributed by atoms with van der Waals surface area (Å²) in [5.41, 5.74) is 0.696. The number of nitrogens with zero attached hydrogens (tertiary/aromatic N) is 2. The molecule has 1 amide bonds. The molecule has 1 aliphatic rings. The molecule has 0 spiro atoms. The van der Waals surface area contributed by atoms with Crippen molar-refractivity contribution in [1.29, 1.82) is 5.26 Å². The Morgan fingerprint density at radius 2 is 2.03 bits per heavy atom. The summed E-state index contributed by atoms with van der Waals surface area (Å²) in [5, 5.41) is 28.9. The number of methoxy groups -OCH3 is 1. The third kappa shape index (κ3) is 3.34. The van der Waals surface area contributed by atoms with E-state index < -0.39 is 17.7 Å². The number of ether oxygens (including phenoxy) is 1. The first-order valence-electron chi connectivity index (χ1n) is 9.08. The van der Waals surface area contributed by atoms with Crippen LogP contribution in [0.3, 0.4) is 0 Å². The second kappa shape index (κ2) is 7.50. The Morgan fingerprint density at radius 3 is 2.61 bits per heavy atom. The predicted molar refractivity (Wildman–Crippen MR) is 106 cm³/mol. The Kier molecular flexibility index (Phi) is 4.83. The van der Waals surface area contributed by atoms with Crippen molar-refractivity contribution in [2.75, 3.05) is 13.7 Å². The van der Waals surface area contributed by atoms with Crippen LogP contribution in [0, 0.1) is 17.1 Å². The fourth-order valence-electron chi connectivity index (χ4n) is 3.55. The van der Waals surface area contributed by atoms with E-state index in [9.17, 15) is 24.2 Å². The molecule has 4 rings (SSSR count). The van der Waals surface area contributed by atoms with Gasteiger partial charge in [0.25, 0.3) is 5.91 Å². The van der Waals surface area contributed by atoms with Gasteiger partial charge in [0.1, 0.15) is 40.3 Å². The molecule has 3 aromatic rings. The van der Waals surface area contributed by atoms with Gasteiger partial charge in [0.2, 0.25) is 0 Å². The molecule has 2 heterocycles. The van der Waals surface area contributed by atoms with Crippen molar-refractivity contribution in [2.24, 2.45) is 0 Å². The number of furan rings is 1. The summed E-state index contributed by atoms with van der Waals surface area (Å²) in [6.45, 7) is -0.121. The average molecular weight is 422 g/mol. The van der Waals surface area contributed by atoms with E-state index in [1.54, 1.807) is 12.1 Å². The van der Waals surface area contributed by atoms with Crippen molar-refractivity contribution >= 4 is 22.8 Å². The lowest BCUT2D eigenvalue weighted by molar-refractivity contribution is -0.125. The summed E-state index contributed by atoms with van der Waals surface area (Å²) in [5.74, 6) is -2.25. The quantitative estimate of drug-likeness (QED) is 0.643. The molecule has 0 atom stereocenters. The zero-order valence-electron chi connectivity index (χ0n) is 16.2. The van der Waals surface area contributed by atoms with Crippen LogP contribution in [0.5, 0.6) is 5.75 Å². The minimum absolute atomic E-state index is 0.00216. The molecule has 31 heavy (non-hydrogen) atoms. The van der Waals surface area contributed by atoms with E-state index in [0.717, 1.165) is 0 Å². The number of halogens is 1. The second-order valence-corrected chi connectivity index (χ2v) is 6.87. The third-order valence-electron chi connectivity index (χ3n) is 5.01. The summed E-state index contributed by atoms with van der Waals surface area (Å²) in [6.07, 6.45) is 0. The van der Waals surface area contributed by atoms with E-state index in [2.05, 4.69) is 0 Å². The molecule has 1 aliphatic heterocycles. The molecule has 0 fully saturated rings. The summed E-state index contributed by atoms with van der Waals surface area (Å²) in [7, 11) is 1.40. The molecule has 0 saturated heterocycles. The number of carbonyl (C=O) groups excluding carboxylic acids is 1. The molecule has 156 valence electrons. The van der Waals surface area contributed by atoms with E-state index in [-0.39, 0.29) is 46.7 Å². The normalized spacial score (nSPS) is 13.7. The highest BCUT2D eigenvalue weighted by Gasteiger charge is 2.31. The maximum Gasteiger partial charge on any atom is 0.340 e. The first-order valence-corrected chi connectivity index (χ1v) is 9.08. The molecular weight excluding hydrogens is 407 g/mol. The van der Waals surface area contributed by atoms with Crippen LogP contribution in [-0.2, 0) is 11.3 Å². The number of fused-ring (bicyclic) bond motifs is 1. The maximum absolute atomic E-state index is 13.3. The van der Waals surface area contributed by atoms with Gasteiger partial charge < -0.3 is 24.3 Å². The number of hydrogen-bond donors (Lipinski definition) is 2. The topological polar surface area (TPSA) is 124 Å². The summed E-state index contributed by atoms with van der Waals surface area (Å²) in [4.78, 5) is 25.5. The monoisotopic (exact) mass is 422 g/mol. The highest BCUT2D eigenvalue weighted by molar-refractivity contribution is 6.08. The van der Waals surface area contributed by atoms with E-state index in [0.29, 0.717) is 16.9 Å². The highest BCUT2D eigenvalue weighted by atomic mass is 19.1. The Bertz CT molecular complexity index is 1300. The lowest BCUT2D eigenvalue weighted by atomic mass is 10.0. The number of aliphatic hydroxyl groups excluding tert-OH is 1. The van der Waals surface area contributed by atoms with Crippen molar-refractivity contribution in [3.05, 3.63) is 64.7 Å². The van der Waals surface area contributed by atoms with E-state index in [1.807, 2.05) is 0 Å². The van der Waals surface area contributed by atoms with Gasteiger partial charge in [-0.3, -0.25) is 4.79 Å². The molecule has 8 nitrogen and oxygen atoms in total. The fourth-order valence-corrected chi connectivity index (χ4v) is 3.55. The fraction of sp³-hybridized carbons (Fsp3) is 0.136. The highest BCUT2D eigenvalue weighted by Crippen LogP contribution is 2.38. The predicted octanol–water partition coefficient (Wildman–Crippen LogP) is 3.62. The molecule has 2 aromatic carbocycles. The molecular formula is C22H15FN2O6. The second-order valence-electron chi connectivity index (χ2n) is 6.87. The van der Waals surface area contributed by atoms with Crippen LogP contribution < -0.4 is 4.74 Å². The van der Waals surface area contributed by atoms with Gasteiger partial charge in [0.15, 0.2) is 5.57 Å². The molecule has 1 aromatic heterocycles. The number of amides is 1. The Balaban J connectivity index is 1.81. The first-order chi connectivity index (χ1) is 14.8. The van der Waals surface area contributed by atoms with Gasteiger partial charge in [-0.25, -0.2) is 9.18 Å². The largest absolute Gasteiger partial charge is 0.509 e. The minimum Gasteiger partial charge on any atom is -0.509 e. The number of nitriles is 1. The maximum atomic E-state index is 13.3. The molecule has 0 unspecified atom stereocenters. The van der Waals surface area contributed by atoms with Gasteiger partial charge in [-0.2, -0.15) is 5.26 Å². The molecule has 0 aliphatic carbocycles. The number of carboxylic acid groups (broad SMARTS) is 1. The lowest BCUT2D eigenvalue weighted by Gasteiger charge is -2.17. The molecule has 2 N–H and O–H groups in total. The smallest absolute Gasteiger partial charge is 0.340 e. The summed E-state index contributed by atoms with van der Waals surface area (Å²) in [6, 6.07) is 9.94. The van der Waals surface area contributed by atoms with E-state index in [4.69, 9.17) is 14.4 Å². The number of carbonyl (C=O) groups is 2. The number of aromatic carboxylic acids is 1. The number of benzene rings is 2. The SMILES string of the molecule is COc1cc2c(C(=O)O)c(-c3ccc(F)cc3)oc2cc1CN1CC(O)=C(C#N)C1=O. The zero-order valence-corrected chi connectivity index (χ0v) is 16.2. The summed E-state index contributed by atoms with van der Waals surface area (Å²) >= 11 is 0. The van der Waals surface area contributed by atoms with Gasteiger partial charge in [-0.05, 0) is 36.4 Å². The van der Waals surface area contributed by atoms with Gasteiger partial charge in [0, 0.05) is 16.5 Å². The lowest BCUT2D eigenvalue weighted by Crippen LogP contribution is -2.26. The third-order valence-corrected chi connectivity index (χ3v) is 5.01. The van der Waals surface area contributed by atoms with Crippen LogP contribution in [0.4, 0.5) is 4.39 Å². The van der Waals surface area contributed by atoms with Crippen molar-refractivity contribution < 1.29 is 33.3 Å². The van der Waals surface area contributed by atoms with Crippen LogP contribution in [0.2, 0.25) is 0 Å². The van der Waals surface area contributed by atoms with Crippen molar-refractivity contribution in [1.82, 2.24) is 4.90 Å².